The van der Waals surface area contributed by atoms with Gasteiger partial charge in [-0.15, -0.1) is 11.3 Å². The second-order valence-electron chi connectivity index (χ2n) is 18.7. The van der Waals surface area contributed by atoms with E-state index in [1.807, 2.05) is 11.3 Å². The highest BCUT2D eigenvalue weighted by molar-refractivity contribution is 7.26. The van der Waals surface area contributed by atoms with Crippen LogP contribution in [0.5, 0.6) is 0 Å². The van der Waals surface area contributed by atoms with E-state index in [4.69, 9.17) is 4.42 Å². The standard InChI is InChI=1S/C64H43NOS/c1-63(2)54-25-13-9-21-46(54)48-35-33-44(37-56(48)63)65(45-34-36-49-47-22-10-14-26-55(47)64(57(49)38-45,41-17-5-3-6-18-41)42-19-7-4-8-20-42)43-31-29-40(30-32-43)52-39-53-50-23-11-15-27-58(50)66-61(53)60-51-24-12-16-28-59(51)67-62(52)60/h3-39H,1-2H3. The minimum Gasteiger partial charge on any atom is -0.455 e. The zero-order chi connectivity index (χ0) is 44.4. The lowest BCUT2D eigenvalue weighted by Gasteiger charge is -2.35. The number of rotatable bonds is 6. The third kappa shape index (κ3) is 5.38. The lowest BCUT2D eigenvalue weighted by atomic mass is 9.67. The molecule has 0 aliphatic heterocycles. The van der Waals surface area contributed by atoms with Crippen LogP contribution in [0.3, 0.4) is 0 Å². The number of benzene rings is 10. The van der Waals surface area contributed by atoms with Crippen molar-refractivity contribution in [2.24, 2.45) is 0 Å². The highest BCUT2D eigenvalue weighted by atomic mass is 32.1. The molecule has 2 aliphatic carbocycles. The Bertz CT molecular complexity index is 3910. The summed E-state index contributed by atoms with van der Waals surface area (Å²) < 4.78 is 9.17. The van der Waals surface area contributed by atoms with Crippen LogP contribution < -0.4 is 4.90 Å². The van der Waals surface area contributed by atoms with Gasteiger partial charge in [0.1, 0.15) is 11.2 Å². The lowest BCUT2D eigenvalue weighted by Crippen LogP contribution is -2.28. The number of para-hydroxylation sites is 1. The number of fused-ring (bicyclic) bond motifs is 13. The van der Waals surface area contributed by atoms with Crippen LogP contribution >= 0.6 is 11.3 Å². The fraction of sp³-hybridized carbons (Fsp3) is 0.0625. The normalized spacial score (nSPS) is 14.1. The van der Waals surface area contributed by atoms with E-state index in [-0.39, 0.29) is 5.41 Å². The van der Waals surface area contributed by atoms with Crippen LogP contribution in [-0.2, 0) is 10.8 Å². The van der Waals surface area contributed by atoms with Crippen LogP contribution in [0, 0.1) is 0 Å². The monoisotopic (exact) mass is 873 g/mol. The second-order valence-corrected chi connectivity index (χ2v) is 19.8. The quantitative estimate of drug-likeness (QED) is 0.165. The molecule has 0 radical (unpaired) electrons. The number of hydrogen-bond acceptors (Lipinski definition) is 3. The molecule has 0 saturated carbocycles. The SMILES string of the molecule is CC1(C)c2ccccc2-c2ccc(N(c3ccc(-c4cc5c6ccccc6oc5c5c4sc4ccccc45)cc3)c3ccc4c(c3)C(c3ccccc3)(c3ccccc3)c3ccccc3-4)cc21. The van der Waals surface area contributed by atoms with Gasteiger partial charge in [-0.25, -0.2) is 0 Å². The molecule has 0 saturated heterocycles. The van der Waals surface area contributed by atoms with Gasteiger partial charge in [-0.2, -0.15) is 0 Å². The first-order valence-electron chi connectivity index (χ1n) is 23.2. The van der Waals surface area contributed by atoms with Gasteiger partial charge in [-0.1, -0.05) is 184 Å². The van der Waals surface area contributed by atoms with E-state index >= 15 is 0 Å². The minimum atomic E-state index is -0.521. The van der Waals surface area contributed by atoms with Gasteiger partial charge in [0.05, 0.1) is 5.41 Å². The molecule has 316 valence electrons. The molecule has 0 bridgehead atoms. The first kappa shape index (κ1) is 38.3. The van der Waals surface area contributed by atoms with E-state index < -0.39 is 5.41 Å². The summed E-state index contributed by atoms with van der Waals surface area (Å²) >= 11 is 1.85. The summed E-state index contributed by atoms with van der Waals surface area (Å²) in [6.07, 6.45) is 0. The molecule has 67 heavy (non-hydrogen) atoms. The largest absolute Gasteiger partial charge is 0.455 e. The molecule has 10 aromatic carbocycles. The second kappa shape index (κ2) is 14.3. The van der Waals surface area contributed by atoms with Crippen LogP contribution in [0.1, 0.15) is 47.2 Å². The summed E-state index contributed by atoms with van der Waals surface area (Å²) in [7, 11) is 0. The minimum absolute atomic E-state index is 0.154. The van der Waals surface area contributed by atoms with E-state index in [9.17, 15) is 0 Å². The smallest absolute Gasteiger partial charge is 0.144 e. The van der Waals surface area contributed by atoms with Crippen molar-refractivity contribution in [1.29, 1.82) is 0 Å². The number of furan rings is 1. The zero-order valence-corrected chi connectivity index (χ0v) is 37.9. The van der Waals surface area contributed by atoms with Crippen molar-refractivity contribution in [1.82, 2.24) is 0 Å². The Morgan fingerprint density at radius 2 is 0.940 bits per heavy atom. The number of hydrogen-bond donors (Lipinski definition) is 0. The molecule has 12 aromatic rings. The summed E-state index contributed by atoms with van der Waals surface area (Å²) in [6, 6.07) is 83.3. The molecule has 2 aromatic heterocycles. The van der Waals surface area contributed by atoms with Gasteiger partial charge in [0.15, 0.2) is 0 Å². The first-order valence-corrected chi connectivity index (χ1v) is 24.1. The van der Waals surface area contributed by atoms with Crippen LogP contribution in [0.4, 0.5) is 17.1 Å². The van der Waals surface area contributed by atoms with Crippen LogP contribution in [0.15, 0.2) is 229 Å². The fourth-order valence-corrected chi connectivity index (χ4v) is 13.2. The van der Waals surface area contributed by atoms with E-state index in [0.717, 1.165) is 39.0 Å². The lowest BCUT2D eigenvalue weighted by molar-refractivity contribution is 0.660. The van der Waals surface area contributed by atoms with Crippen molar-refractivity contribution < 1.29 is 4.42 Å². The maximum absolute atomic E-state index is 6.66. The topological polar surface area (TPSA) is 16.4 Å². The van der Waals surface area contributed by atoms with Crippen molar-refractivity contribution in [3.05, 3.63) is 258 Å². The number of thiophene rings is 1. The Morgan fingerprint density at radius 1 is 0.403 bits per heavy atom. The third-order valence-electron chi connectivity index (χ3n) is 15.0. The summed E-state index contributed by atoms with van der Waals surface area (Å²) in [6.45, 7) is 4.74. The predicted molar refractivity (Wildman–Crippen MR) is 282 cm³/mol. The molecular weight excluding hydrogens is 831 g/mol. The van der Waals surface area contributed by atoms with Crippen molar-refractivity contribution in [2.45, 2.75) is 24.7 Å². The Morgan fingerprint density at radius 3 is 1.66 bits per heavy atom. The Balaban J connectivity index is 0.994. The molecule has 0 fully saturated rings. The molecule has 0 spiro atoms. The molecule has 2 nitrogen and oxygen atoms in total. The average molecular weight is 874 g/mol. The van der Waals surface area contributed by atoms with Crippen LogP contribution in [-0.4, -0.2) is 0 Å². The molecule has 0 N–H and O–H groups in total. The van der Waals surface area contributed by atoms with E-state index in [1.54, 1.807) is 0 Å². The molecule has 2 aliphatic rings. The van der Waals surface area contributed by atoms with Gasteiger partial charge in [0.2, 0.25) is 0 Å². The van der Waals surface area contributed by atoms with Gasteiger partial charge in [0, 0.05) is 59.0 Å². The third-order valence-corrected chi connectivity index (χ3v) is 16.2. The van der Waals surface area contributed by atoms with E-state index in [1.165, 1.54) is 86.9 Å². The summed E-state index contributed by atoms with van der Waals surface area (Å²) in [5.74, 6) is 0. The van der Waals surface area contributed by atoms with Crippen molar-refractivity contribution in [3.63, 3.8) is 0 Å². The molecular formula is C64H43NOS. The average Bonchev–Trinajstić information content (AvgIpc) is 4.10. The molecule has 3 heteroatoms. The zero-order valence-electron chi connectivity index (χ0n) is 37.1. The van der Waals surface area contributed by atoms with Gasteiger partial charge in [0.25, 0.3) is 0 Å². The predicted octanol–water partition coefficient (Wildman–Crippen LogP) is 17.8. The maximum atomic E-state index is 6.66. The highest BCUT2D eigenvalue weighted by Crippen LogP contribution is 2.58. The Kier molecular flexibility index (Phi) is 8.15. The van der Waals surface area contributed by atoms with Crippen molar-refractivity contribution in [3.8, 4) is 33.4 Å². The molecule has 14 rings (SSSR count). The highest BCUT2D eigenvalue weighted by Gasteiger charge is 2.46. The fourth-order valence-electron chi connectivity index (χ4n) is 11.9. The van der Waals surface area contributed by atoms with Gasteiger partial charge >= 0.3 is 0 Å². The van der Waals surface area contributed by atoms with Crippen LogP contribution in [0.2, 0.25) is 0 Å². The Hall–Kier alpha value is -7.98. The molecule has 0 unspecified atom stereocenters. The molecule has 0 amide bonds. The van der Waals surface area contributed by atoms with E-state index in [2.05, 4.69) is 243 Å². The number of anilines is 3. The van der Waals surface area contributed by atoms with Gasteiger partial charge in [-0.05, 0) is 116 Å². The summed E-state index contributed by atoms with van der Waals surface area (Å²) in [5.41, 5.74) is 19.9. The van der Waals surface area contributed by atoms with Gasteiger partial charge < -0.3 is 9.32 Å². The van der Waals surface area contributed by atoms with Crippen LogP contribution in [0.25, 0.3) is 75.5 Å². The van der Waals surface area contributed by atoms with Crippen molar-refractivity contribution >= 4 is 70.5 Å². The van der Waals surface area contributed by atoms with Crippen molar-refractivity contribution in [2.75, 3.05) is 4.90 Å². The maximum Gasteiger partial charge on any atom is 0.144 e. The first-order chi connectivity index (χ1) is 33.0. The molecule has 0 atom stereocenters. The summed E-state index contributed by atoms with van der Waals surface area (Å²) in [4.78, 5) is 2.48. The number of nitrogens with zero attached hydrogens (tertiary/aromatic N) is 1. The van der Waals surface area contributed by atoms with E-state index in [0.29, 0.717) is 0 Å². The Labute approximate surface area is 393 Å². The van der Waals surface area contributed by atoms with Gasteiger partial charge in [-0.3, -0.25) is 0 Å². The summed E-state index contributed by atoms with van der Waals surface area (Å²) in [5, 5.41) is 4.71. The molecule has 2 heterocycles.